The van der Waals surface area contributed by atoms with Gasteiger partial charge in [-0.25, -0.2) is 9.69 Å². The number of carbonyl (C=O) groups is 2. The van der Waals surface area contributed by atoms with E-state index in [0.717, 1.165) is 4.90 Å². The molecule has 0 bridgehead atoms. The molecule has 3 aromatic rings. The summed E-state index contributed by atoms with van der Waals surface area (Å²) in [7, 11) is 0. The zero-order chi connectivity index (χ0) is 24.4. The number of non-ortho nitro benzene ring substituents is 1. The summed E-state index contributed by atoms with van der Waals surface area (Å²) in [6.07, 6.45) is 1.44. The number of nitro groups is 1. The minimum absolute atomic E-state index is 0.00610. The highest BCUT2D eigenvalue weighted by molar-refractivity contribution is 6.37. The largest absolute Gasteiger partial charge is 0.486 e. The molecule has 1 aliphatic heterocycles. The first-order valence-electron chi connectivity index (χ1n) is 9.71. The second-order valence-corrected chi connectivity index (χ2v) is 8.39. The average Bonchev–Trinajstić information content (AvgIpc) is 3.06. The van der Waals surface area contributed by atoms with Gasteiger partial charge in [0.2, 0.25) is 0 Å². The Morgan fingerprint density at radius 2 is 1.68 bits per heavy atom. The fourth-order valence-corrected chi connectivity index (χ4v) is 3.98. The van der Waals surface area contributed by atoms with E-state index in [1.165, 1.54) is 30.3 Å². The molecule has 3 aromatic carbocycles. The quantitative estimate of drug-likeness (QED) is 0.180. The van der Waals surface area contributed by atoms with Gasteiger partial charge in [0.15, 0.2) is 5.75 Å². The Labute approximate surface area is 208 Å². The van der Waals surface area contributed by atoms with Crippen LogP contribution in [0.4, 0.5) is 16.2 Å². The monoisotopic (exact) mass is 517 g/mol. The number of benzene rings is 3. The maximum atomic E-state index is 12.8. The number of ether oxygens (including phenoxy) is 1. The van der Waals surface area contributed by atoms with Gasteiger partial charge in [-0.1, -0.05) is 46.9 Å². The van der Waals surface area contributed by atoms with E-state index in [9.17, 15) is 19.7 Å². The van der Waals surface area contributed by atoms with Crippen molar-refractivity contribution in [2.24, 2.45) is 0 Å². The molecule has 4 rings (SSSR count). The Hall–Kier alpha value is -3.59. The van der Waals surface area contributed by atoms with E-state index in [-0.39, 0.29) is 33.8 Å². The summed E-state index contributed by atoms with van der Waals surface area (Å²) in [6, 6.07) is 14.7. The molecule has 1 fully saturated rings. The number of rotatable bonds is 6. The number of nitro benzene ring substituents is 1. The van der Waals surface area contributed by atoms with Crippen molar-refractivity contribution >= 4 is 64.2 Å². The molecule has 0 radical (unpaired) electrons. The maximum Gasteiger partial charge on any atom is 0.333 e. The standard InChI is InChI=1S/C23H14Cl3N3O5/c24-15-4-6-16(7-5-15)28-22(30)20(27-23(28)31)11-14-9-18(25)21(19(26)10-14)34-12-13-2-1-3-17(8-13)29(32)33/h1-11H,12H2,(H,27,31)/b20-11+. The van der Waals surface area contributed by atoms with E-state index in [2.05, 4.69) is 5.32 Å². The Morgan fingerprint density at radius 1 is 1.00 bits per heavy atom. The zero-order valence-corrected chi connectivity index (χ0v) is 19.4. The lowest BCUT2D eigenvalue weighted by molar-refractivity contribution is -0.384. The summed E-state index contributed by atoms with van der Waals surface area (Å²) in [5.41, 5.74) is 1.37. The lowest BCUT2D eigenvalue weighted by atomic mass is 10.1. The Morgan fingerprint density at radius 3 is 2.32 bits per heavy atom. The maximum absolute atomic E-state index is 12.8. The van der Waals surface area contributed by atoms with Gasteiger partial charge in [-0.3, -0.25) is 14.9 Å². The molecule has 0 spiro atoms. The summed E-state index contributed by atoms with van der Waals surface area (Å²) < 4.78 is 5.67. The fourth-order valence-electron chi connectivity index (χ4n) is 3.24. The summed E-state index contributed by atoms with van der Waals surface area (Å²) in [4.78, 5) is 36.6. The van der Waals surface area contributed by atoms with Gasteiger partial charge < -0.3 is 10.1 Å². The molecular weight excluding hydrogens is 505 g/mol. The number of nitrogens with one attached hydrogen (secondary N) is 1. The first-order valence-corrected chi connectivity index (χ1v) is 10.8. The van der Waals surface area contributed by atoms with Gasteiger partial charge in [-0.15, -0.1) is 0 Å². The molecule has 1 saturated heterocycles. The predicted molar refractivity (Wildman–Crippen MR) is 129 cm³/mol. The predicted octanol–water partition coefficient (Wildman–Crippen LogP) is 6.23. The van der Waals surface area contributed by atoms with Gasteiger partial charge in [-0.05, 0) is 53.6 Å². The van der Waals surface area contributed by atoms with Crippen molar-refractivity contribution in [2.75, 3.05) is 4.90 Å². The smallest absolute Gasteiger partial charge is 0.333 e. The second-order valence-electron chi connectivity index (χ2n) is 7.13. The number of amides is 3. The molecule has 0 saturated carbocycles. The molecule has 11 heteroatoms. The van der Waals surface area contributed by atoms with Crippen molar-refractivity contribution in [1.82, 2.24) is 5.32 Å². The normalized spacial score (nSPS) is 14.4. The summed E-state index contributed by atoms with van der Waals surface area (Å²) in [5, 5.41) is 14.3. The number of halogens is 3. The van der Waals surface area contributed by atoms with E-state index in [0.29, 0.717) is 21.8 Å². The SMILES string of the molecule is O=C1N/C(=C/c2cc(Cl)c(OCc3cccc([N+](=O)[O-])c3)c(Cl)c2)C(=O)N1c1ccc(Cl)cc1. The van der Waals surface area contributed by atoms with Crippen LogP contribution in [0.5, 0.6) is 5.75 Å². The number of hydrogen-bond donors (Lipinski definition) is 1. The first kappa shape index (κ1) is 23.6. The molecule has 1 heterocycles. The van der Waals surface area contributed by atoms with Gasteiger partial charge >= 0.3 is 6.03 Å². The van der Waals surface area contributed by atoms with Crippen molar-refractivity contribution in [3.63, 3.8) is 0 Å². The van der Waals surface area contributed by atoms with Crippen LogP contribution in [0.2, 0.25) is 15.1 Å². The zero-order valence-electron chi connectivity index (χ0n) is 17.1. The van der Waals surface area contributed by atoms with Crippen LogP contribution in [0, 0.1) is 10.1 Å². The molecule has 34 heavy (non-hydrogen) atoms. The van der Waals surface area contributed by atoms with Gasteiger partial charge in [0, 0.05) is 17.2 Å². The fraction of sp³-hybridized carbons (Fsp3) is 0.0435. The van der Waals surface area contributed by atoms with Crippen molar-refractivity contribution < 1.29 is 19.2 Å². The molecule has 172 valence electrons. The number of hydrogen-bond acceptors (Lipinski definition) is 5. The average molecular weight is 519 g/mol. The number of nitrogens with zero attached hydrogens (tertiary/aromatic N) is 2. The molecule has 8 nitrogen and oxygen atoms in total. The number of imide groups is 1. The summed E-state index contributed by atoms with van der Waals surface area (Å²) in [6.45, 7) is 0.00610. The van der Waals surface area contributed by atoms with E-state index in [4.69, 9.17) is 39.5 Å². The lowest BCUT2D eigenvalue weighted by Gasteiger charge is -2.12. The van der Waals surface area contributed by atoms with E-state index in [1.54, 1.807) is 36.4 Å². The van der Waals surface area contributed by atoms with Crippen LogP contribution in [0.3, 0.4) is 0 Å². The Kier molecular flexibility index (Phi) is 6.74. The van der Waals surface area contributed by atoms with Gasteiger partial charge in [0.05, 0.1) is 20.7 Å². The Bertz CT molecular complexity index is 1320. The van der Waals surface area contributed by atoms with Gasteiger partial charge in [-0.2, -0.15) is 0 Å². The number of carbonyl (C=O) groups excluding carboxylic acids is 2. The lowest BCUT2D eigenvalue weighted by Crippen LogP contribution is -2.30. The molecule has 1 aliphatic rings. The molecule has 1 N–H and O–H groups in total. The van der Waals surface area contributed by atoms with E-state index < -0.39 is 16.9 Å². The van der Waals surface area contributed by atoms with Crippen LogP contribution >= 0.6 is 34.8 Å². The molecule has 0 atom stereocenters. The van der Waals surface area contributed by atoms with Crippen LogP contribution in [-0.2, 0) is 11.4 Å². The van der Waals surface area contributed by atoms with Crippen LogP contribution in [0.15, 0.2) is 66.4 Å². The number of anilines is 1. The van der Waals surface area contributed by atoms with E-state index >= 15 is 0 Å². The minimum atomic E-state index is -0.604. The van der Waals surface area contributed by atoms with E-state index in [1.807, 2.05) is 0 Å². The van der Waals surface area contributed by atoms with Crippen LogP contribution < -0.4 is 15.0 Å². The van der Waals surface area contributed by atoms with Gasteiger partial charge in [0.25, 0.3) is 11.6 Å². The summed E-state index contributed by atoms with van der Waals surface area (Å²) >= 11 is 18.5. The molecule has 0 aromatic heterocycles. The summed E-state index contributed by atoms with van der Waals surface area (Å²) in [5.74, 6) is -0.368. The minimum Gasteiger partial charge on any atom is -0.486 e. The Balaban J connectivity index is 1.53. The molecule has 0 unspecified atom stereocenters. The van der Waals surface area contributed by atoms with Crippen LogP contribution in [-0.4, -0.2) is 16.9 Å². The van der Waals surface area contributed by atoms with Crippen molar-refractivity contribution in [2.45, 2.75) is 6.61 Å². The molecule has 0 aliphatic carbocycles. The highest BCUT2D eigenvalue weighted by Crippen LogP contribution is 2.36. The van der Waals surface area contributed by atoms with Gasteiger partial charge in [0.1, 0.15) is 12.3 Å². The van der Waals surface area contributed by atoms with Crippen molar-refractivity contribution in [1.29, 1.82) is 0 Å². The van der Waals surface area contributed by atoms with Crippen molar-refractivity contribution in [3.8, 4) is 5.75 Å². The molecular formula is C23H14Cl3N3O5. The van der Waals surface area contributed by atoms with Crippen LogP contribution in [0.25, 0.3) is 6.08 Å². The third-order valence-corrected chi connectivity index (χ3v) is 5.61. The highest BCUT2D eigenvalue weighted by atomic mass is 35.5. The highest BCUT2D eigenvalue weighted by Gasteiger charge is 2.34. The third kappa shape index (κ3) is 4.99. The topological polar surface area (TPSA) is 102 Å². The first-order chi connectivity index (χ1) is 16.2. The van der Waals surface area contributed by atoms with Crippen LogP contribution in [0.1, 0.15) is 11.1 Å². The molecule has 3 amide bonds. The van der Waals surface area contributed by atoms with Crippen molar-refractivity contribution in [3.05, 3.63) is 103 Å². The number of urea groups is 1. The third-order valence-electron chi connectivity index (χ3n) is 4.80. The second kappa shape index (κ2) is 9.72.